The van der Waals surface area contributed by atoms with Crippen LogP contribution in [0.1, 0.15) is 58.9 Å². The summed E-state index contributed by atoms with van der Waals surface area (Å²) in [4.78, 5) is 11.6. The van der Waals surface area contributed by atoms with Gasteiger partial charge in [-0.2, -0.15) is 0 Å². The van der Waals surface area contributed by atoms with Crippen molar-refractivity contribution >= 4 is 11.8 Å². The molecule has 2 rings (SSSR count). The summed E-state index contributed by atoms with van der Waals surface area (Å²) in [6, 6.07) is 4.22. The summed E-state index contributed by atoms with van der Waals surface area (Å²) < 4.78 is 5.80. The fourth-order valence-electron chi connectivity index (χ4n) is 3.33. The van der Waals surface area contributed by atoms with Crippen molar-refractivity contribution in [3.8, 4) is 0 Å². The smallest absolute Gasteiger partial charge is 0.191 e. The van der Waals surface area contributed by atoms with Crippen LogP contribution in [0.2, 0.25) is 0 Å². The molecule has 0 radical (unpaired) electrons. The molecule has 2 N–H and O–H groups in total. The van der Waals surface area contributed by atoms with Gasteiger partial charge < -0.3 is 20.3 Å². The summed E-state index contributed by atoms with van der Waals surface area (Å²) in [5.74, 6) is 1.90. The average Bonchev–Trinajstić information content (AvgIpc) is 2.65. The molecule has 0 amide bonds. The van der Waals surface area contributed by atoms with Crippen molar-refractivity contribution in [1.82, 2.24) is 15.6 Å². The molecule has 2 unspecified atom stereocenters. The molecule has 0 aromatic carbocycles. The normalized spacial score (nSPS) is 20.6. The largest absolute Gasteiger partial charge is 0.372 e. The lowest BCUT2D eigenvalue weighted by Crippen LogP contribution is -2.45. The SMILES string of the molecule is CCCCCCNC(=NCc1ccc(N2CC(C)OC(C)C2)nc1)NCC. The molecule has 0 saturated carbocycles. The number of unbranched alkanes of at least 4 members (excludes halogenated alkanes) is 3. The summed E-state index contributed by atoms with van der Waals surface area (Å²) in [7, 11) is 0. The van der Waals surface area contributed by atoms with Crippen molar-refractivity contribution in [2.45, 2.75) is 72.1 Å². The first kappa shape index (κ1) is 21.5. The van der Waals surface area contributed by atoms with Crippen molar-refractivity contribution in [2.24, 2.45) is 4.99 Å². The lowest BCUT2D eigenvalue weighted by atomic mass is 10.2. The number of ether oxygens (including phenoxy) is 1. The quantitative estimate of drug-likeness (QED) is 0.394. The van der Waals surface area contributed by atoms with Crippen molar-refractivity contribution < 1.29 is 4.74 Å². The highest BCUT2D eigenvalue weighted by Gasteiger charge is 2.22. The summed E-state index contributed by atoms with van der Waals surface area (Å²) in [6.07, 6.45) is 7.44. The molecule has 0 bridgehead atoms. The van der Waals surface area contributed by atoms with Crippen LogP contribution in [-0.4, -0.2) is 49.3 Å². The van der Waals surface area contributed by atoms with Crippen LogP contribution in [0.3, 0.4) is 0 Å². The summed E-state index contributed by atoms with van der Waals surface area (Å²) >= 11 is 0. The van der Waals surface area contributed by atoms with Gasteiger partial charge in [-0.1, -0.05) is 32.3 Å². The number of anilines is 1. The van der Waals surface area contributed by atoms with E-state index in [2.05, 4.69) is 65.3 Å². The Bertz CT molecular complexity index is 550. The van der Waals surface area contributed by atoms with Crippen molar-refractivity contribution in [2.75, 3.05) is 31.1 Å². The lowest BCUT2D eigenvalue weighted by Gasteiger charge is -2.36. The third-order valence-corrected chi connectivity index (χ3v) is 4.64. The van der Waals surface area contributed by atoms with Gasteiger partial charge in [0.05, 0.1) is 18.8 Å². The molecule has 1 saturated heterocycles. The molecule has 1 fully saturated rings. The monoisotopic (exact) mass is 375 g/mol. The number of aromatic nitrogens is 1. The van der Waals surface area contributed by atoms with E-state index in [1.807, 2.05) is 6.20 Å². The van der Waals surface area contributed by atoms with Gasteiger partial charge in [0.25, 0.3) is 0 Å². The second kappa shape index (κ2) is 11.8. The van der Waals surface area contributed by atoms with Gasteiger partial charge in [-0.15, -0.1) is 0 Å². The first-order chi connectivity index (χ1) is 13.1. The molecular weight excluding hydrogens is 338 g/mol. The van der Waals surface area contributed by atoms with Crippen LogP contribution in [0, 0.1) is 0 Å². The Labute approximate surface area is 164 Å². The Morgan fingerprint density at radius 2 is 1.93 bits per heavy atom. The van der Waals surface area contributed by atoms with E-state index in [9.17, 15) is 0 Å². The number of hydrogen-bond donors (Lipinski definition) is 2. The number of guanidine groups is 1. The van der Waals surface area contributed by atoms with Crippen LogP contribution >= 0.6 is 0 Å². The molecule has 27 heavy (non-hydrogen) atoms. The molecule has 1 aromatic heterocycles. The maximum atomic E-state index is 5.80. The van der Waals surface area contributed by atoms with E-state index in [4.69, 9.17) is 4.74 Å². The third kappa shape index (κ3) is 7.75. The molecule has 2 atom stereocenters. The number of hydrogen-bond acceptors (Lipinski definition) is 4. The predicted molar refractivity (Wildman–Crippen MR) is 113 cm³/mol. The highest BCUT2D eigenvalue weighted by molar-refractivity contribution is 5.79. The summed E-state index contributed by atoms with van der Waals surface area (Å²) in [5, 5.41) is 6.73. The maximum absolute atomic E-state index is 5.80. The number of aliphatic imine (C=N–C) groups is 1. The molecule has 1 aliphatic rings. The van der Waals surface area contributed by atoms with E-state index < -0.39 is 0 Å². The van der Waals surface area contributed by atoms with Gasteiger partial charge in [0, 0.05) is 32.4 Å². The van der Waals surface area contributed by atoms with Gasteiger partial charge in [0.1, 0.15) is 5.82 Å². The molecule has 152 valence electrons. The van der Waals surface area contributed by atoms with Crippen LogP contribution < -0.4 is 15.5 Å². The highest BCUT2D eigenvalue weighted by Crippen LogP contribution is 2.18. The van der Waals surface area contributed by atoms with E-state index in [0.717, 1.165) is 43.5 Å². The van der Waals surface area contributed by atoms with Gasteiger partial charge >= 0.3 is 0 Å². The minimum Gasteiger partial charge on any atom is -0.372 e. The van der Waals surface area contributed by atoms with Crippen LogP contribution in [0.15, 0.2) is 23.3 Å². The molecular formula is C21H37N5O. The number of nitrogens with zero attached hydrogens (tertiary/aromatic N) is 3. The van der Waals surface area contributed by atoms with Crippen LogP contribution in [0.25, 0.3) is 0 Å². The second-order valence-corrected chi connectivity index (χ2v) is 7.37. The molecule has 2 heterocycles. The van der Waals surface area contributed by atoms with Crippen molar-refractivity contribution in [1.29, 1.82) is 0 Å². The van der Waals surface area contributed by atoms with Gasteiger partial charge in [0.2, 0.25) is 0 Å². The fourth-order valence-corrected chi connectivity index (χ4v) is 3.33. The van der Waals surface area contributed by atoms with Crippen LogP contribution in [0.5, 0.6) is 0 Å². The maximum Gasteiger partial charge on any atom is 0.191 e. The Morgan fingerprint density at radius 3 is 2.56 bits per heavy atom. The zero-order valence-corrected chi connectivity index (χ0v) is 17.5. The first-order valence-corrected chi connectivity index (χ1v) is 10.5. The topological polar surface area (TPSA) is 61.8 Å². The van der Waals surface area contributed by atoms with Gasteiger partial charge in [-0.25, -0.2) is 9.98 Å². The second-order valence-electron chi connectivity index (χ2n) is 7.37. The molecule has 0 aliphatic carbocycles. The Kier molecular flexibility index (Phi) is 9.39. The lowest BCUT2D eigenvalue weighted by molar-refractivity contribution is -0.00545. The molecule has 1 aromatic rings. The summed E-state index contributed by atoms with van der Waals surface area (Å²) in [6.45, 7) is 12.8. The van der Waals surface area contributed by atoms with Crippen LogP contribution in [-0.2, 0) is 11.3 Å². The Hall–Kier alpha value is -1.82. The molecule has 0 spiro atoms. The Balaban J connectivity index is 1.86. The number of rotatable bonds is 9. The number of morpholine rings is 1. The van der Waals surface area contributed by atoms with Gasteiger partial charge in [0.15, 0.2) is 5.96 Å². The number of pyridine rings is 1. The predicted octanol–water partition coefficient (Wildman–Crippen LogP) is 3.33. The zero-order chi connectivity index (χ0) is 19.5. The van der Waals surface area contributed by atoms with E-state index >= 15 is 0 Å². The molecule has 6 heteroatoms. The van der Waals surface area contributed by atoms with E-state index in [1.54, 1.807) is 0 Å². The van der Waals surface area contributed by atoms with Crippen molar-refractivity contribution in [3.05, 3.63) is 23.9 Å². The third-order valence-electron chi connectivity index (χ3n) is 4.64. The fraction of sp³-hybridized carbons (Fsp3) is 0.714. The first-order valence-electron chi connectivity index (χ1n) is 10.5. The summed E-state index contributed by atoms with van der Waals surface area (Å²) in [5.41, 5.74) is 1.12. The van der Waals surface area contributed by atoms with E-state index in [0.29, 0.717) is 6.54 Å². The molecule has 1 aliphatic heterocycles. The van der Waals surface area contributed by atoms with Gasteiger partial charge in [-0.05, 0) is 38.8 Å². The minimum absolute atomic E-state index is 0.242. The van der Waals surface area contributed by atoms with E-state index in [1.165, 1.54) is 25.7 Å². The van der Waals surface area contributed by atoms with E-state index in [-0.39, 0.29) is 12.2 Å². The minimum atomic E-state index is 0.242. The highest BCUT2D eigenvalue weighted by atomic mass is 16.5. The van der Waals surface area contributed by atoms with Crippen molar-refractivity contribution in [3.63, 3.8) is 0 Å². The molecule has 6 nitrogen and oxygen atoms in total. The van der Waals surface area contributed by atoms with Crippen LogP contribution in [0.4, 0.5) is 5.82 Å². The zero-order valence-electron chi connectivity index (χ0n) is 17.5. The standard InChI is InChI=1S/C21H37N5O/c1-5-7-8-9-12-23-21(22-6-2)25-14-19-10-11-20(24-13-19)26-15-17(3)27-18(4)16-26/h10-11,13,17-18H,5-9,12,14-16H2,1-4H3,(H2,22,23,25). The number of nitrogens with one attached hydrogen (secondary N) is 2. The average molecular weight is 376 g/mol. The van der Waals surface area contributed by atoms with Gasteiger partial charge in [-0.3, -0.25) is 0 Å². The Morgan fingerprint density at radius 1 is 1.15 bits per heavy atom.